The van der Waals surface area contributed by atoms with Crippen LogP contribution in [0.1, 0.15) is 59.7 Å². The number of nitrogens with one attached hydrogen (secondary N) is 2. The van der Waals surface area contributed by atoms with Gasteiger partial charge in [-0.2, -0.15) is 0 Å². The average molecular weight is 853 g/mol. The van der Waals surface area contributed by atoms with Gasteiger partial charge in [0.25, 0.3) is 0 Å². The SMILES string of the molecule is Cc1noc(C)c1-c1cc(F)c([C@H]2[C@@H](C3C[C@H]3Cc3oncc3-c3cc(F)c([C@H]4[C@@H](C5CC5)C(=O)N4c4ccc5[nH]cnc5c4)c(F)c3)C(=O)N2c2ccc3[nH]cnc3c2)c(F)c1. The van der Waals surface area contributed by atoms with Crippen LogP contribution in [0.2, 0.25) is 0 Å². The van der Waals surface area contributed by atoms with Crippen molar-refractivity contribution in [1.29, 1.82) is 0 Å². The number of imidazole rings is 2. The molecule has 316 valence electrons. The van der Waals surface area contributed by atoms with Crippen LogP contribution in [0.5, 0.6) is 0 Å². The second-order valence-electron chi connectivity index (χ2n) is 17.3. The molecule has 4 fully saturated rings. The van der Waals surface area contributed by atoms with Gasteiger partial charge in [-0.05, 0) is 123 Å². The maximum atomic E-state index is 16.4. The van der Waals surface area contributed by atoms with E-state index in [4.69, 9.17) is 9.05 Å². The molecule has 12 rings (SSSR count). The van der Waals surface area contributed by atoms with Crippen LogP contribution >= 0.6 is 0 Å². The zero-order valence-electron chi connectivity index (χ0n) is 33.7. The molecule has 2 aliphatic carbocycles. The standard InChI is InChI=1S/C47H36F4N8O4/c1-20-39(21(2)62-57-20)25-12-32(50)43(33(51)13-25)45-41(47(61)59(45)27-6-8-35-37(16-27)55-19-53-35)28-9-23(28)14-38-29(17-56-63-38)24-10-30(48)42(31(49)11-24)44-40(22-3-4-22)46(60)58(44)26-5-7-34-36(15-26)54-18-52-34/h5-8,10-13,15-19,22-23,28,40-41,44-45H,3-4,9,14H2,1-2H3,(H,52,54)(H,53,55)/t23-,28?,40+,41+,44+,45+/m0/s1. The van der Waals surface area contributed by atoms with Gasteiger partial charge in [0, 0.05) is 40.0 Å². The molecule has 4 aliphatic rings. The van der Waals surface area contributed by atoms with Crippen molar-refractivity contribution in [3.05, 3.63) is 131 Å². The summed E-state index contributed by atoms with van der Waals surface area (Å²) >= 11 is 0. The lowest BCUT2D eigenvalue weighted by Crippen LogP contribution is -2.57. The van der Waals surface area contributed by atoms with Gasteiger partial charge in [-0.15, -0.1) is 0 Å². The Morgan fingerprint density at radius 2 is 1.27 bits per heavy atom. The van der Waals surface area contributed by atoms with E-state index in [0.717, 1.165) is 23.9 Å². The molecule has 6 atom stereocenters. The van der Waals surface area contributed by atoms with E-state index in [1.54, 1.807) is 56.6 Å². The number of fused-ring (bicyclic) bond motifs is 2. The van der Waals surface area contributed by atoms with Crippen LogP contribution in [0.25, 0.3) is 44.3 Å². The number of hydrogen-bond acceptors (Lipinski definition) is 8. The zero-order valence-corrected chi connectivity index (χ0v) is 33.7. The number of nitrogens with zero attached hydrogens (tertiary/aromatic N) is 6. The highest BCUT2D eigenvalue weighted by atomic mass is 19.1. The number of carbonyl (C=O) groups excluding carboxylic acids is 2. The number of amides is 2. The summed E-state index contributed by atoms with van der Waals surface area (Å²) < 4.78 is 76.6. The van der Waals surface area contributed by atoms with Gasteiger partial charge in [0.15, 0.2) is 0 Å². The van der Waals surface area contributed by atoms with Crippen molar-refractivity contribution in [3.63, 3.8) is 0 Å². The summed E-state index contributed by atoms with van der Waals surface area (Å²) in [6.45, 7) is 3.36. The van der Waals surface area contributed by atoms with E-state index in [0.29, 0.717) is 57.2 Å². The minimum Gasteiger partial charge on any atom is -0.361 e. The van der Waals surface area contributed by atoms with Crippen LogP contribution in [0.3, 0.4) is 0 Å². The first-order valence-electron chi connectivity index (χ1n) is 20.9. The quantitative estimate of drug-likeness (QED) is 0.102. The lowest BCUT2D eigenvalue weighted by molar-refractivity contribution is -0.132. The molecule has 0 radical (unpaired) electrons. The molecule has 2 aliphatic heterocycles. The Labute approximate surface area is 355 Å². The molecule has 2 N–H and O–H groups in total. The Bertz CT molecular complexity index is 3140. The number of benzene rings is 4. The number of hydrogen-bond donors (Lipinski definition) is 2. The van der Waals surface area contributed by atoms with E-state index in [9.17, 15) is 9.59 Å². The first-order chi connectivity index (χ1) is 30.5. The fraction of sp³-hybridized carbons (Fsp3) is 0.277. The number of anilines is 2. The van der Waals surface area contributed by atoms with Gasteiger partial charge in [0.05, 0.1) is 70.5 Å². The summed E-state index contributed by atoms with van der Waals surface area (Å²) in [6, 6.07) is 13.6. The zero-order chi connectivity index (χ0) is 43.0. The van der Waals surface area contributed by atoms with E-state index in [1.165, 1.54) is 46.6 Å². The van der Waals surface area contributed by atoms with E-state index < -0.39 is 47.2 Å². The number of rotatable bonds is 10. The highest BCUT2D eigenvalue weighted by Crippen LogP contribution is 2.59. The summed E-state index contributed by atoms with van der Waals surface area (Å²) in [5.74, 6) is -4.60. The lowest BCUT2D eigenvalue weighted by atomic mass is 9.77. The van der Waals surface area contributed by atoms with Gasteiger partial charge >= 0.3 is 0 Å². The minimum absolute atomic E-state index is 0.0529. The number of carbonyl (C=O) groups is 2. The normalized spacial score (nSPS) is 23.2. The predicted octanol–water partition coefficient (Wildman–Crippen LogP) is 9.62. The number of β-lactam (4-membered cyclic amide) rings is 2. The number of halogens is 4. The minimum atomic E-state index is -0.980. The van der Waals surface area contributed by atoms with Crippen LogP contribution in [0, 0.1) is 66.7 Å². The number of aryl methyl sites for hydroxylation is 2. The van der Waals surface area contributed by atoms with Crippen molar-refractivity contribution in [2.75, 3.05) is 9.80 Å². The van der Waals surface area contributed by atoms with Crippen molar-refractivity contribution in [2.45, 2.75) is 51.6 Å². The molecule has 4 aromatic carbocycles. The molecule has 0 spiro atoms. The van der Waals surface area contributed by atoms with Crippen molar-refractivity contribution in [3.8, 4) is 22.3 Å². The second kappa shape index (κ2) is 13.7. The van der Waals surface area contributed by atoms with E-state index in [2.05, 4.69) is 30.2 Å². The smallest absolute Gasteiger partial charge is 0.233 e. The molecular weight excluding hydrogens is 817 g/mol. The van der Waals surface area contributed by atoms with Crippen LogP contribution in [-0.4, -0.2) is 42.1 Å². The van der Waals surface area contributed by atoms with Gasteiger partial charge in [0.1, 0.15) is 34.8 Å². The van der Waals surface area contributed by atoms with E-state index >= 15 is 17.6 Å². The topological polar surface area (TPSA) is 150 Å². The van der Waals surface area contributed by atoms with Gasteiger partial charge < -0.3 is 28.8 Å². The molecule has 63 heavy (non-hydrogen) atoms. The average Bonchev–Trinajstić information content (AvgIpc) is 3.90. The van der Waals surface area contributed by atoms with Crippen molar-refractivity contribution < 1.29 is 36.2 Å². The summed E-state index contributed by atoms with van der Waals surface area (Å²) in [4.78, 5) is 45.3. The number of aromatic amines is 2. The van der Waals surface area contributed by atoms with Gasteiger partial charge in [-0.3, -0.25) is 9.59 Å². The van der Waals surface area contributed by atoms with Gasteiger partial charge in [-0.25, -0.2) is 27.5 Å². The highest BCUT2D eigenvalue weighted by Gasteiger charge is 2.61. The summed E-state index contributed by atoms with van der Waals surface area (Å²) in [6.07, 6.45) is 6.92. The molecule has 2 amide bonds. The summed E-state index contributed by atoms with van der Waals surface area (Å²) in [7, 11) is 0. The van der Waals surface area contributed by atoms with Crippen LogP contribution < -0.4 is 9.80 Å². The van der Waals surface area contributed by atoms with Gasteiger partial charge in [0.2, 0.25) is 11.8 Å². The van der Waals surface area contributed by atoms with Crippen LogP contribution in [-0.2, 0) is 16.0 Å². The third-order valence-electron chi connectivity index (χ3n) is 13.7. The summed E-state index contributed by atoms with van der Waals surface area (Å²) in [5.41, 5.74) is 5.14. The molecule has 16 heteroatoms. The third kappa shape index (κ3) is 5.79. The van der Waals surface area contributed by atoms with E-state index in [1.807, 2.05) is 0 Å². The third-order valence-corrected chi connectivity index (χ3v) is 13.7. The Balaban J connectivity index is 0.837. The first kappa shape index (κ1) is 37.6. The maximum Gasteiger partial charge on any atom is 0.233 e. The Hall–Kier alpha value is -7.10. The van der Waals surface area contributed by atoms with Crippen molar-refractivity contribution in [2.24, 2.45) is 29.6 Å². The van der Waals surface area contributed by atoms with Crippen molar-refractivity contribution >= 4 is 45.3 Å². The van der Waals surface area contributed by atoms with E-state index in [-0.39, 0.29) is 58.2 Å². The molecule has 0 bridgehead atoms. The predicted molar refractivity (Wildman–Crippen MR) is 221 cm³/mol. The van der Waals surface area contributed by atoms with Gasteiger partial charge in [-0.1, -0.05) is 10.3 Å². The molecule has 2 saturated carbocycles. The second-order valence-corrected chi connectivity index (χ2v) is 17.3. The van der Waals surface area contributed by atoms with Crippen LogP contribution in [0.15, 0.2) is 88.6 Å². The van der Waals surface area contributed by atoms with Crippen molar-refractivity contribution in [1.82, 2.24) is 30.2 Å². The first-order valence-corrected chi connectivity index (χ1v) is 20.9. The molecule has 8 aromatic rings. The Morgan fingerprint density at radius 3 is 1.83 bits per heavy atom. The number of aromatic nitrogens is 6. The fourth-order valence-electron chi connectivity index (χ4n) is 10.4. The molecular formula is C47H36F4N8O4. The van der Waals surface area contributed by atoms with Crippen LogP contribution in [0.4, 0.5) is 28.9 Å². The Kier molecular flexibility index (Phi) is 8.19. The monoisotopic (exact) mass is 852 g/mol. The molecule has 1 unspecified atom stereocenters. The maximum absolute atomic E-state index is 16.4. The highest BCUT2D eigenvalue weighted by molar-refractivity contribution is 6.05. The molecule has 2 saturated heterocycles. The summed E-state index contributed by atoms with van der Waals surface area (Å²) in [5, 5.41) is 7.93. The lowest BCUT2D eigenvalue weighted by Gasteiger charge is -2.48. The molecule has 12 nitrogen and oxygen atoms in total. The Morgan fingerprint density at radius 1 is 0.714 bits per heavy atom. The number of H-pyrrole nitrogens is 2. The molecule has 4 aromatic heterocycles. The largest absolute Gasteiger partial charge is 0.361 e. The molecule has 6 heterocycles. The fourth-order valence-corrected chi connectivity index (χ4v) is 10.4.